The van der Waals surface area contributed by atoms with Gasteiger partial charge in [-0.05, 0) is 133 Å². The molecule has 0 bridgehead atoms. The van der Waals surface area contributed by atoms with Gasteiger partial charge in [0.05, 0.1) is 0 Å². The number of nitrogens with two attached hydrogens (primary N) is 4. The molecule has 0 fully saturated rings. The van der Waals surface area contributed by atoms with Gasteiger partial charge in [0.2, 0.25) is 0 Å². The van der Waals surface area contributed by atoms with Gasteiger partial charge in [0.1, 0.15) is 46.0 Å². The van der Waals surface area contributed by atoms with Crippen molar-refractivity contribution >= 4 is 22.7 Å². The number of hydrogen-bond acceptors (Lipinski definition) is 8. The lowest BCUT2D eigenvalue weighted by Crippen LogP contribution is -1.89. The molecule has 8 nitrogen and oxygen atoms in total. The summed E-state index contributed by atoms with van der Waals surface area (Å²) in [4.78, 5) is 0. The lowest BCUT2D eigenvalue weighted by molar-refractivity contribution is 0.460. The Bertz CT molecular complexity index is 1630. The van der Waals surface area contributed by atoms with Gasteiger partial charge < -0.3 is 41.9 Å². The monoisotopic (exact) mass is 584 g/mol. The third-order valence-electron chi connectivity index (χ3n) is 6.09. The zero-order valence-electron chi connectivity index (χ0n) is 23.8. The minimum Gasteiger partial charge on any atom is -0.457 e. The summed E-state index contributed by atoms with van der Waals surface area (Å²) in [6.07, 6.45) is 0. The van der Waals surface area contributed by atoms with Crippen LogP contribution in [-0.4, -0.2) is 0 Å². The van der Waals surface area contributed by atoms with E-state index in [2.05, 4.69) is 0 Å². The Hall–Kier alpha value is -6.28. The van der Waals surface area contributed by atoms with Crippen LogP contribution in [0.5, 0.6) is 46.0 Å². The van der Waals surface area contributed by atoms with E-state index >= 15 is 0 Å². The first-order valence-corrected chi connectivity index (χ1v) is 13.7. The fourth-order valence-electron chi connectivity index (χ4n) is 3.86. The highest BCUT2D eigenvalue weighted by Crippen LogP contribution is 2.30. The molecule has 6 aromatic carbocycles. The van der Waals surface area contributed by atoms with E-state index in [0.29, 0.717) is 34.2 Å². The fraction of sp³-hybridized carbons (Fsp3) is 0. The quantitative estimate of drug-likeness (QED) is 0.130. The standard InChI is InChI=1S/2C18H16N2O2/c19-13-1-5-15(6-2-13)21-17-9-11-18(12-10-17)22-16-7-3-14(20)4-8-16;19-13-4-8-15(9-5-13)21-17-2-1-3-18(12-17)22-16-10-6-14(20)7-11-16/h2*1-12H,19-20H2. The molecule has 0 aliphatic rings. The van der Waals surface area contributed by atoms with E-state index in [-0.39, 0.29) is 0 Å². The molecule has 0 atom stereocenters. The molecule has 6 aromatic rings. The smallest absolute Gasteiger partial charge is 0.131 e. The molecule has 0 saturated heterocycles. The van der Waals surface area contributed by atoms with Crippen LogP contribution in [0.3, 0.4) is 0 Å². The van der Waals surface area contributed by atoms with E-state index in [1.54, 1.807) is 48.5 Å². The molecule has 220 valence electrons. The Morgan fingerprint density at radius 3 is 0.705 bits per heavy atom. The Kier molecular flexibility index (Phi) is 9.34. The largest absolute Gasteiger partial charge is 0.457 e. The van der Waals surface area contributed by atoms with Gasteiger partial charge >= 0.3 is 0 Å². The van der Waals surface area contributed by atoms with Crippen LogP contribution in [-0.2, 0) is 0 Å². The Morgan fingerprint density at radius 2 is 0.455 bits per heavy atom. The third kappa shape index (κ3) is 8.86. The molecule has 0 spiro atoms. The molecule has 0 radical (unpaired) electrons. The predicted molar refractivity (Wildman–Crippen MR) is 177 cm³/mol. The van der Waals surface area contributed by atoms with E-state index < -0.39 is 0 Å². The summed E-state index contributed by atoms with van der Waals surface area (Å²) in [5, 5.41) is 0. The Morgan fingerprint density at radius 1 is 0.250 bits per heavy atom. The van der Waals surface area contributed by atoms with Crippen molar-refractivity contribution in [2.24, 2.45) is 0 Å². The van der Waals surface area contributed by atoms with E-state index in [1.165, 1.54) is 0 Å². The first-order valence-electron chi connectivity index (χ1n) is 13.7. The number of ether oxygens (including phenoxy) is 4. The van der Waals surface area contributed by atoms with Gasteiger partial charge in [0.25, 0.3) is 0 Å². The lowest BCUT2D eigenvalue weighted by Gasteiger charge is -2.09. The van der Waals surface area contributed by atoms with Crippen LogP contribution in [0.1, 0.15) is 0 Å². The molecule has 8 heteroatoms. The average molecular weight is 585 g/mol. The first-order chi connectivity index (χ1) is 21.4. The molecule has 0 aliphatic carbocycles. The van der Waals surface area contributed by atoms with Crippen molar-refractivity contribution in [1.82, 2.24) is 0 Å². The van der Waals surface area contributed by atoms with Gasteiger partial charge in [-0.25, -0.2) is 0 Å². The van der Waals surface area contributed by atoms with E-state index in [1.807, 2.05) is 97.1 Å². The number of nitrogen functional groups attached to an aromatic ring is 4. The minimum atomic E-state index is 0.692. The summed E-state index contributed by atoms with van der Waals surface area (Å²) in [6, 6.07) is 43.8. The van der Waals surface area contributed by atoms with E-state index in [0.717, 1.165) is 34.5 Å². The van der Waals surface area contributed by atoms with Gasteiger partial charge in [0, 0.05) is 28.8 Å². The molecule has 0 saturated carbocycles. The maximum Gasteiger partial charge on any atom is 0.131 e. The average Bonchev–Trinajstić information content (AvgIpc) is 3.03. The van der Waals surface area contributed by atoms with Crippen LogP contribution in [0.2, 0.25) is 0 Å². The van der Waals surface area contributed by atoms with Gasteiger partial charge in [-0.15, -0.1) is 0 Å². The van der Waals surface area contributed by atoms with Gasteiger partial charge in [0.15, 0.2) is 0 Å². The zero-order chi connectivity index (χ0) is 30.7. The topological polar surface area (TPSA) is 141 Å². The molecule has 0 unspecified atom stereocenters. The second kappa shape index (κ2) is 14.1. The van der Waals surface area contributed by atoms with Crippen LogP contribution in [0.25, 0.3) is 0 Å². The molecule has 6 rings (SSSR count). The summed E-state index contributed by atoms with van der Waals surface area (Å²) >= 11 is 0. The van der Waals surface area contributed by atoms with Crippen LogP contribution in [0.4, 0.5) is 22.7 Å². The highest BCUT2D eigenvalue weighted by Gasteiger charge is 2.03. The predicted octanol–water partition coefficient (Wildman–Crippen LogP) is 8.87. The van der Waals surface area contributed by atoms with Crippen molar-refractivity contribution in [3.05, 3.63) is 146 Å². The van der Waals surface area contributed by atoms with Crippen LogP contribution in [0, 0.1) is 0 Å². The van der Waals surface area contributed by atoms with Crippen molar-refractivity contribution in [2.75, 3.05) is 22.9 Å². The molecule has 0 aliphatic heterocycles. The zero-order valence-corrected chi connectivity index (χ0v) is 23.8. The first kappa shape index (κ1) is 29.2. The van der Waals surface area contributed by atoms with Crippen molar-refractivity contribution in [2.45, 2.75) is 0 Å². The van der Waals surface area contributed by atoms with E-state index in [4.69, 9.17) is 41.9 Å². The summed E-state index contributed by atoms with van der Waals surface area (Å²) in [5.74, 6) is 5.76. The fourth-order valence-corrected chi connectivity index (χ4v) is 3.86. The summed E-state index contributed by atoms with van der Waals surface area (Å²) < 4.78 is 23.0. The summed E-state index contributed by atoms with van der Waals surface area (Å²) in [7, 11) is 0. The van der Waals surface area contributed by atoms with Gasteiger partial charge in [-0.3, -0.25) is 0 Å². The van der Waals surface area contributed by atoms with Crippen molar-refractivity contribution in [3.63, 3.8) is 0 Å². The molecule has 44 heavy (non-hydrogen) atoms. The van der Waals surface area contributed by atoms with Crippen molar-refractivity contribution in [1.29, 1.82) is 0 Å². The number of anilines is 4. The summed E-state index contributed by atoms with van der Waals surface area (Å²) in [5.41, 5.74) is 25.4. The molecule has 0 heterocycles. The number of hydrogen-bond donors (Lipinski definition) is 4. The van der Waals surface area contributed by atoms with Crippen LogP contribution in [0.15, 0.2) is 146 Å². The third-order valence-corrected chi connectivity index (χ3v) is 6.09. The number of rotatable bonds is 8. The van der Waals surface area contributed by atoms with Gasteiger partial charge in [-0.2, -0.15) is 0 Å². The van der Waals surface area contributed by atoms with E-state index in [9.17, 15) is 0 Å². The molecular weight excluding hydrogens is 552 g/mol. The van der Waals surface area contributed by atoms with Crippen molar-refractivity contribution < 1.29 is 18.9 Å². The SMILES string of the molecule is Nc1ccc(Oc2ccc(Oc3ccc(N)cc3)cc2)cc1.Nc1ccc(Oc2cccc(Oc3ccc(N)cc3)c2)cc1. The molecule has 0 amide bonds. The van der Waals surface area contributed by atoms with Crippen LogP contribution < -0.4 is 41.9 Å². The lowest BCUT2D eigenvalue weighted by atomic mass is 10.3. The van der Waals surface area contributed by atoms with Crippen LogP contribution >= 0.6 is 0 Å². The molecule has 0 aromatic heterocycles. The second-order valence-corrected chi connectivity index (χ2v) is 9.63. The Balaban J connectivity index is 0.000000175. The highest BCUT2D eigenvalue weighted by molar-refractivity contribution is 5.47. The highest BCUT2D eigenvalue weighted by atomic mass is 16.5. The maximum atomic E-state index is 5.78. The van der Waals surface area contributed by atoms with Gasteiger partial charge in [-0.1, -0.05) is 6.07 Å². The second-order valence-electron chi connectivity index (χ2n) is 9.63. The summed E-state index contributed by atoms with van der Waals surface area (Å²) in [6.45, 7) is 0. The number of benzene rings is 6. The minimum absolute atomic E-state index is 0.692. The normalized spacial score (nSPS) is 10.2. The molecular formula is C36H32N4O4. The maximum absolute atomic E-state index is 5.78. The molecule has 8 N–H and O–H groups in total. The Labute approximate surface area is 256 Å². The van der Waals surface area contributed by atoms with Crippen molar-refractivity contribution in [3.8, 4) is 46.0 Å².